The van der Waals surface area contributed by atoms with Crippen LogP contribution in [0.4, 0.5) is 0 Å². The third-order valence-electron chi connectivity index (χ3n) is 8.51. The summed E-state index contributed by atoms with van der Waals surface area (Å²) in [6, 6.07) is 7.86. The number of aliphatic hydroxyl groups excluding tert-OH is 1. The van der Waals surface area contributed by atoms with Crippen molar-refractivity contribution in [2.24, 2.45) is 5.92 Å². The topological polar surface area (TPSA) is 107 Å². The molecule has 0 saturated carbocycles. The van der Waals surface area contributed by atoms with Crippen LogP contribution in [-0.4, -0.2) is 112 Å². The molecule has 0 radical (unpaired) electrons. The van der Waals surface area contributed by atoms with E-state index in [1.165, 1.54) is 39.5 Å². The predicted octanol–water partition coefficient (Wildman–Crippen LogP) is 3.34. The smallest absolute Gasteiger partial charge is 0.337 e. The minimum absolute atomic E-state index is 0.0181. The van der Waals surface area contributed by atoms with Crippen molar-refractivity contribution in [3.63, 3.8) is 0 Å². The molecular weight excluding hydrogens is 540 g/mol. The molecule has 0 spiro atoms. The predicted molar refractivity (Wildman–Crippen MR) is 157 cm³/mol. The van der Waals surface area contributed by atoms with Gasteiger partial charge in [0.25, 0.3) is 5.91 Å². The van der Waals surface area contributed by atoms with Crippen LogP contribution in [0.25, 0.3) is 0 Å². The number of carbonyl (C=O) groups excluding carboxylic acids is 2. The zero-order chi connectivity index (χ0) is 29.7. The van der Waals surface area contributed by atoms with Crippen LogP contribution in [0.2, 0.25) is 0 Å². The van der Waals surface area contributed by atoms with Gasteiger partial charge >= 0.3 is 5.97 Å². The summed E-state index contributed by atoms with van der Waals surface area (Å²) in [6.07, 6.45) is 7.75. The standard InChI is InChI=1S/C32H48N2O8/c1-3-41-32-27(13-19-39-21-22-40-20-18-35)28(24-7-9-25(10-8-24)31(37)38-2)23-29(42-32)30(36)34-16-11-26(12-17-34)33-14-5-4-6-15-33/h7-10,23,26-28,32,35H,3-6,11-22H2,1-2H3/t27-,28-,32-/m0/s1. The highest BCUT2D eigenvalue weighted by molar-refractivity contribution is 5.92. The third kappa shape index (κ3) is 8.76. The third-order valence-corrected chi connectivity index (χ3v) is 8.51. The van der Waals surface area contributed by atoms with E-state index < -0.39 is 12.3 Å². The molecule has 0 aliphatic carbocycles. The average Bonchev–Trinajstić information content (AvgIpc) is 3.04. The normalized spacial score (nSPS) is 23.7. The molecule has 1 N–H and O–H groups in total. The summed E-state index contributed by atoms with van der Waals surface area (Å²) in [5.74, 6) is -0.464. The molecule has 1 amide bonds. The number of benzene rings is 1. The summed E-state index contributed by atoms with van der Waals surface area (Å²) in [5.41, 5.74) is 1.43. The van der Waals surface area contributed by atoms with Gasteiger partial charge in [0.1, 0.15) is 0 Å². The molecule has 3 aliphatic rings. The number of hydrogen-bond acceptors (Lipinski definition) is 9. The number of amides is 1. The van der Waals surface area contributed by atoms with Gasteiger partial charge in [0.2, 0.25) is 6.29 Å². The molecule has 4 rings (SSSR count). The van der Waals surface area contributed by atoms with Gasteiger partial charge in [-0.3, -0.25) is 4.79 Å². The number of allylic oxidation sites excluding steroid dienone is 1. The Morgan fingerprint density at radius 1 is 0.952 bits per heavy atom. The molecule has 42 heavy (non-hydrogen) atoms. The van der Waals surface area contributed by atoms with E-state index in [9.17, 15) is 9.59 Å². The molecule has 1 aromatic rings. The summed E-state index contributed by atoms with van der Waals surface area (Å²) >= 11 is 0. The van der Waals surface area contributed by atoms with Crippen molar-refractivity contribution in [1.29, 1.82) is 0 Å². The van der Waals surface area contributed by atoms with Gasteiger partial charge < -0.3 is 38.6 Å². The zero-order valence-electron chi connectivity index (χ0n) is 25.2. The van der Waals surface area contributed by atoms with Crippen molar-refractivity contribution < 1.29 is 38.4 Å². The number of ether oxygens (including phenoxy) is 5. The molecule has 3 aliphatic heterocycles. The van der Waals surface area contributed by atoms with Crippen molar-refractivity contribution in [2.75, 3.05) is 72.9 Å². The van der Waals surface area contributed by atoms with E-state index in [-0.39, 0.29) is 31.0 Å². The van der Waals surface area contributed by atoms with E-state index in [0.717, 1.165) is 18.4 Å². The maximum Gasteiger partial charge on any atom is 0.337 e. The number of carbonyl (C=O) groups is 2. The zero-order valence-corrected chi connectivity index (χ0v) is 25.2. The van der Waals surface area contributed by atoms with Crippen LogP contribution >= 0.6 is 0 Å². The largest absolute Gasteiger partial charge is 0.465 e. The number of likely N-dealkylation sites (tertiary alicyclic amines) is 2. The summed E-state index contributed by atoms with van der Waals surface area (Å²) in [6.45, 7) is 7.67. The van der Waals surface area contributed by atoms with Crippen molar-refractivity contribution in [1.82, 2.24) is 9.80 Å². The molecule has 2 fully saturated rings. The van der Waals surface area contributed by atoms with E-state index in [4.69, 9.17) is 28.8 Å². The molecule has 0 bridgehead atoms. The highest BCUT2D eigenvalue weighted by atomic mass is 16.7. The lowest BCUT2D eigenvalue weighted by Gasteiger charge is -2.41. The van der Waals surface area contributed by atoms with E-state index in [1.807, 2.05) is 30.0 Å². The number of methoxy groups -OCH3 is 1. The van der Waals surface area contributed by atoms with E-state index in [1.54, 1.807) is 12.1 Å². The highest BCUT2D eigenvalue weighted by Crippen LogP contribution is 2.39. The van der Waals surface area contributed by atoms with Crippen LogP contribution in [0, 0.1) is 5.92 Å². The second kappa shape index (κ2) is 17.0. The Morgan fingerprint density at radius 3 is 2.29 bits per heavy atom. The van der Waals surface area contributed by atoms with Crippen molar-refractivity contribution in [3.8, 4) is 0 Å². The number of hydrogen-bond donors (Lipinski definition) is 1. The summed E-state index contributed by atoms with van der Waals surface area (Å²) < 4.78 is 28.3. The lowest BCUT2D eigenvalue weighted by atomic mass is 9.81. The van der Waals surface area contributed by atoms with Crippen molar-refractivity contribution in [3.05, 3.63) is 47.2 Å². The van der Waals surface area contributed by atoms with Gasteiger partial charge in [-0.1, -0.05) is 18.6 Å². The van der Waals surface area contributed by atoms with Crippen LogP contribution in [0.5, 0.6) is 0 Å². The first-order valence-corrected chi connectivity index (χ1v) is 15.5. The minimum atomic E-state index is -0.621. The lowest BCUT2D eigenvalue weighted by molar-refractivity contribution is -0.172. The quantitative estimate of drug-likeness (QED) is 0.259. The fourth-order valence-corrected chi connectivity index (χ4v) is 6.25. The second-order valence-corrected chi connectivity index (χ2v) is 11.1. The van der Waals surface area contributed by atoms with Crippen LogP contribution in [-0.2, 0) is 28.5 Å². The van der Waals surface area contributed by atoms with Gasteiger partial charge in [-0.25, -0.2) is 4.79 Å². The molecule has 3 atom stereocenters. The molecule has 1 aromatic carbocycles. The Hall–Kier alpha value is -2.50. The first kappa shape index (κ1) is 32.4. The van der Waals surface area contributed by atoms with Crippen LogP contribution < -0.4 is 0 Å². The first-order chi connectivity index (χ1) is 20.5. The number of aliphatic hydroxyl groups is 1. The fourth-order valence-electron chi connectivity index (χ4n) is 6.25. The van der Waals surface area contributed by atoms with Crippen LogP contribution in [0.15, 0.2) is 36.1 Å². The summed E-state index contributed by atoms with van der Waals surface area (Å²) in [4.78, 5) is 30.3. The Kier molecular flexibility index (Phi) is 13.1. The molecule has 234 valence electrons. The molecule has 0 unspecified atom stereocenters. The van der Waals surface area contributed by atoms with Gasteiger partial charge in [-0.2, -0.15) is 0 Å². The first-order valence-electron chi connectivity index (χ1n) is 15.5. The van der Waals surface area contributed by atoms with Crippen molar-refractivity contribution in [2.45, 2.75) is 63.7 Å². The molecule has 2 saturated heterocycles. The summed E-state index contributed by atoms with van der Waals surface area (Å²) in [7, 11) is 1.36. The van der Waals surface area contributed by atoms with Gasteiger partial charge in [-0.05, 0) is 75.9 Å². The van der Waals surface area contributed by atoms with Gasteiger partial charge in [0.15, 0.2) is 5.76 Å². The average molecular weight is 589 g/mol. The Balaban J connectivity index is 1.49. The number of nitrogens with zero attached hydrogens (tertiary/aromatic N) is 2. The maximum atomic E-state index is 13.8. The van der Waals surface area contributed by atoms with Gasteiger partial charge in [0.05, 0.1) is 39.1 Å². The Bertz CT molecular complexity index is 1000. The Labute approximate surface area is 249 Å². The number of esters is 1. The molecular formula is C32H48N2O8. The van der Waals surface area contributed by atoms with E-state index >= 15 is 0 Å². The molecule has 0 aromatic heterocycles. The second-order valence-electron chi connectivity index (χ2n) is 11.1. The van der Waals surface area contributed by atoms with Gasteiger partial charge in [0, 0.05) is 44.2 Å². The fraction of sp³-hybridized carbons (Fsp3) is 0.688. The lowest BCUT2D eigenvalue weighted by Crippen LogP contribution is -2.49. The van der Waals surface area contributed by atoms with Crippen LogP contribution in [0.1, 0.15) is 67.3 Å². The molecule has 10 heteroatoms. The van der Waals surface area contributed by atoms with Crippen molar-refractivity contribution >= 4 is 11.9 Å². The number of piperidine rings is 2. The molecule has 10 nitrogen and oxygen atoms in total. The molecule has 3 heterocycles. The SMILES string of the molecule is CCO[C@H]1OC(C(=O)N2CCC(N3CCCCC3)CC2)=C[C@@H](c2ccc(C(=O)OC)cc2)[C@@H]1CCOCCOCCO. The highest BCUT2D eigenvalue weighted by Gasteiger charge is 2.40. The number of rotatable bonds is 14. The van der Waals surface area contributed by atoms with E-state index in [0.29, 0.717) is 63.3 Å². The minimum Gasteiger partial charge on any atom is -0.465 e. The maximum absolute atomic E-state index is 13.8. The summed E-state index contributed by atoms with van der Waals surface area (Å²) in [5, 5.41) is 8.87. The Morgan fingerprint density at radius 2 is 1.64 bits per heavy atom. The van der Waals surface area contributed by atoms with Gasteiger partial charge in [-0.15, -0.1) is 0 Å². The monoisotopic (exact) mass is 588 g/mol. The van der Waals surface area contributed by atoms with E-state index in [2.05, 4.69) is 4.90 Å². The van der Waals surface area contributed by atoms with Crippen LogP contribution in [0.3, 0.4) is 0 Å².